The van der Waals surface area contributed by atoms with Crippen molar-refractivity contribution < 1.29 is 4.79 Å². The molecule has 0 atom stereocenters. The van der Waals surface area contributed by atoms with E-state index in [1.165, 1.54) is 5.56 Å². The van der Waals surface area contributed by atoms with Crippen molar-refractivity contribution in [2.75, 3.05) is 13.1 Å². The fourth-order valence-electron chi connectivity index (χ4n) is 2.20. The zero-order valence-electron chi connectivity index (χ0n) is 11.2. The molecule has 2 rings (SSSR count). The molecule has 0 radical (unpaired) electrons. The molecule has 0 saturated carbocycles. The molecule has 0 aliphatic carbocycles. The van der Waals surface area contributed by atoms with Gasteiger partial charge in [-0.2, -0.15) is 0 Å². The molecule has 1 aliphatic rings. The summed E-state index contributed by atoms with van der Waals surface area (Å²) in [6, 6.07) is 10.5. The molecule has 0 spiro atoms. The number of amides is 1. The topological polar surface area (TPSA) is 32.3 Å². The maximum atomic E-state index is 12.3. The van der Waals surface area contributed by atoms with Gasteiger partial charge in [-0.05, 0) is 38.4 Å². The molecule has 1 fully saturated rings. The summed E-state index contributed by atoms with van der Waals surface area (Å²) in [5.41, 5.74) is 1.20. The number of rotatable bonds is 5. The van der Waals surface area contributed by atoms with Crippen LogP contribution in [0, 0.1) is 5.92 Å². The van der Waals surface area contributed by atoms with Gasteiger partial charge >= 0.3 is 0 Å². The van der Waals surface area contributed by atoms with E-state index in [1.54, 1.807) is 0 Å². The quantitative estimate of drug-likeness (QED) is 0.862. The van der Waals surface area contributed by atoms with Crippen molar-refractivity contribution in [3.63, 3.8) is 0 Å². The van der Waals surface area contributed by atoms with Crippen molar-refractivity contribution in [2.24, 2.45) is 5.92 Å². The fourth-order valence-corrected chi connectivity index (χ4v) is 2.20. The lowest BCUT2D eigenvalue weighted by atomic mass is 9.98. The Kier molecular flexibility index (Phi) is 4.37. The first-order valence-electron chi connectivity index (χ1n) is 6.71. The van der Waals surface area contributed by atoms with E-state index in [0.29, 0.717) is 12.3 Å². The summed E-state index contributed by atoms with van der Waals surface area (Å²) < 4.78 is 0. The molecule has 1 amide bonds. The second-order valence-corrected chi connectivity index (χ2v) is 5.33. The molecule has 3 nitrogen and oxygen atoms in total. The zero-order valence-corrected chi connectivity index (χ0v) is 11.2. The molecule has 0 unspecified atom stereocenters. The molecule has 98 valence electrons. The molecule has 3 heteroatoms. The van der Waals surface area contributed by atoms with E-state index in [9.17, 15) is 4.79 Å². The SMILES string of the molecule is CC(C)N(Cc1ccccc1)C(=O)CC1CNC1. The highest BCUT2D eigenvalue weighted by Gasteiger charge is 2.24. The smallest absolute Gasteiger partial charge is 0.223 e. The van der Waals surface area contributed by atoms with Crippen molar-refractivity contribution in [1.82, 2.24) is 10.2 Å². The summed E-state index contributed by atoms with van der Waals surface area (Å²) >= 11 is 0. The van der Waals surface area contributed by atoms with E-state index >= 15 is 0 Å². The largest absolute Gasteiger partial charge is 0.336 e. The van der Waals surface area contributed by atoms with Crippen molar-refractivity contribution in [2.45, 2.75) is 32.9 Å². The van der Waals surface area contributed by atoms with Crippen LogP contribution in [0.2, 0.25) is 0 Å². The van der Waals surface area contributed by atoms with Crippen LogP contribution in [-0.2, 0) is 11.3 Å². The lowest BCUT2D eigenvalue weighted by Crippen LogP contribution is -2.46. The van der Waals surface area contributed by atoms with Gasteiger partial charge in [0, 0.05) is 19.0 Å². The van der Waals surface area contributed by atoms with E-state index < -0.39 is 0 Å². The Morgan fingerprint density at radius 3 is 2.50 bits per heavy atom. The molecule has 1 saturated heterocycles. The van der Waals surface area contributed by atoms with Gasteiger partial charge in [-0.3, -0.25) is 4.79 Å². The summed E-state index contributed by atoms with van der Waals surface area (Å²) in [6.07, 6.45) is 0.679. The van der Waals surface area contributed by atoms with Gasteiger partial charge in [0.15, 0.2) is 0 Å². The van der Waals surface area contributed by atoms with Gasteiger partial charge in [0.1, 0.15) is 0 Å². The van der Waals surface area contributed by atoms with Crippen LogP contribution < -0.4 is 5.32 Å². The number of carbonyl (C=O) groups excluding carboxylic acids is 1. The Hall–Kier alpha value is -1.35. The molecule has 1 N–H and O–H groups in total. The average molecular weight is 246 g/mol. The molecular formula is C15H22N2O. The lowest BCUT2D eigenvalue weighted by molar-refractivity contribution is -0.135. The maximum Gasteiger partial charge on any atom is 0.223 e. The van der Waals surface area contributed by atoms with Crippen molar-refractivity contribution in [3.05, 3.63) is 35.9 Å². The monoisotopic (exact) mass is 246 g/mol. The second kappa shape index (κ2) is 6.01. The summed E-state index contributed by atoms with van der Waals surface area (Å²) in [5, 5.41) is 3.21. The van der Waals surface area contributed by atoms with Crippen LogP contribution in [0.15, 0.2) is 30.3 Å². The second-order valence-electron chi connectivity index (χ2n) is 5.33. The van der Waals surface area contributed by atoms with Crippen molar-refractivity contribution in [3.8, 4) is 0 Å². The molecule has 1 aromatic carbocycles. The predicted molar refractivity (Wildman–Crippen MR) is 73.1 cm³/mol. The van der Waals surface area contributed by atoms with Crippen LogP contribution in [0.5, 0.6) is 0 Å². The molecule has 0 bridgehead atoms. The van der Waals surface area contributed by atoms with Gasteiger partial charge in [-0.15, -0.1) is 0 Å². The first-order valence-corrected chi connectivity index (χ1v) is 6.71. The number of nitrogens with zero attached hydrogens (tertiary/aromatic N) is 1. The van der Waals surface area contributed by atoms with E-state index in [4.69, 9.17) is 0 Å². The number of nitrogens with one attached hydrogen (secondary N) is 1. The van der Waals surface area contributed by atoms with E-state index in [0.717, 1.165) is 19.6 Å². The summed E-state index contributed by atoms with van der Waals surface area (Å²) in [4.78, 5) is 14.3. The number of benzene rings is 1. The summed E-state index contributed by atoms with van der Waals surface area (Å²) in [6.45, 7) is 6.86. The number of hydrogen-bond donors (Lipinski definition) is 1. The summed E-state index contributed by atoms with van der Waals surface area (Å²) in [7, 11) is 0. The van der Waals surface area contributed by atoms with Gasteiger partial charge < -0.3 is 10.2 Å². The Labute approximate surface area is 109 Å². The minimum Gasteiger partial charge on any atom is -0.336 e. The van der Waals surface area contributed by atoms with E-state index in [-0.39, 0.29) is 11.9 Å². The van der Waals surface area contributed by atoms with Crippen LogP contribution in [-0.4, -0.2) is 29.9 Å². The molecule has 18 heavy (non-hydrogen) atoms. The van der Waals surface area contributed by atoms with Gasteiger partial charge in [0.05, 0.1) is 0 Å². The van der Waals surface area contributed by atoms with Gasteiger partial charge in [-0.25, -0.2) is 0 Å². The van der Waals surface area contributed by atoms with E-state index in [2.05, 4.69) is 31.3 Å². The van der Waals surface area contributed by atoms with Gasteiger partial charge in [0.25, 0.3) is 0 Å². The zero-order chi connectivity index (χ0) is 13.0. The Balaban J connectivity index is 1.96. The minimum atomic E-state index is 0.255. The Bertz CT molecular complexity index is 385. The first kappa shape index (κ1) is 13.1. The predicted octanol–water partition coefficient (Wildman–Crippen LogP) is 2.03. The highest BCUT2D eigenvalue weighted by atomic mass is 16.2. The van der Waals surface area contributed by atoms with Gasteiger partial charge in [0.2, 0.25) is 5.91 Å². The molecule has 0 aromatic heterocycles. The Morgan fingerprint density at radius 2 is 2.00 bits per heavy atom. The normalized spacial score (nSPS) is 15.5. The first-order chi connectivity index (χ1) is 8.66. The maximum absolute atomic E-state index is 12.3. The minimum absolute atomic E-state index is 0.255. The molecular weight excluding hydrogens is 224 g/mol. The van der Waals surface area contributed by atoms with Crippen molar-refractivity contribution >= 4 is 5.91 Å². The van der Waals surface area contributed by atoms with Crippen LogP contribution >= 0.6 is 0 Å². The number of hydrogen-bond acceptors (Lipinski definition) is 2. The standard InChI is InChI=1S/C15H22N2O/c1-12(2)17(11-13-6-4-3-5-7-13)15(18)8-14-9-16-10-14/h3-7,12,14,16H,8-11H2,1-2H3. The van der Waals surface area contributed by atoms with Crippen LogP contribution in [0.25, 0.3) is 0 Å². The van der Waals surface area contributed by atoms with Gasteiger partial charge in [-0.1, -0.05) is 30.3 Å². The fraction of sp³-hybridized carbons (Fsp3) is 0.533. The molecule has 1 heterocycles. The van der Waals surface area contributed by atoms with E-state index in [1.807, 2.05) is 23.1 Å². The summed E-state index contributed by atoms with van der Waals surface area (Å²) in [5.74, 6) is 0.815. The third-order valence-corrected chi connectivity index (χ3v) is 3.47. The Morgan fingerprint density at radius 1 is 1.33 bits per heavy atom. The van der Waals surface area contributed by atoms with Crippen molar-refractivity contribution in [1.29, 1.82) is 0 Å². The third-order valence-electron chi connectivity index (χ3n) is 3.47. The van der Waals surface area contributed by atoms with Crippen LogP contribution in [0.4, 0.5) is 0 Å². The average Bonchev–Trinajstić information content (AvgIpc) is 2.31. The van der Waals surface area contributed by atoms with Crippen LogP contribution in [0.3, 0.4) is 0 Å². The molecule has 1 aliphatic heterocycles. The highest BCUT2D eigenvalue weighted by Crippen LogP contribution is 2.15. The highest BCUT2D eigenvalue weighted by molar-refractivity contribution is 5.77. The lowest BCUT2D eigenvalue weighted by Gasteiger charge is -2.32. The number of carbonyl (C=O) groups is 1. The third kappa shape index (κ3) is 3.33. The molecule has 1 aromatic rings. The van der Waals surface area contributed by atoms with Crippen LogP contribution in [0.1, 0.15) is 25.8 Å².